The first-order valence-corrected chi connectivity index (χ1v) is 7.15. The fraction of sp³-hybridized carbons (Fsp3) is 0.294. The maximum Gasteiger partial charge on any atom is 0.160 e. The molecule has 0 spiro atoms. The Hall–Kier alpha value is -1.94. The van der Waals surface area contributed by atoms with E-state index >= 15 is 0 Å². The highest BCUT2D eigenvalue weighted by molar-refractivity contribution is 5.49. The molecule has 1 aliphatic heterocycles. The van der Waals surface area contributed by atoms with Gasteiger partial charge in [0.15, 0.2) is 11.6 Å². The van der Waals surface area contributed by atoms with E-state index in [1.54, 1.807) is 6.07 Å². The lowest BCUT2D eigenvalue weighted by atomic mass is 10.0. The number of anilines is 1. The lowest BCUT2D eigenvalue weighted by molar-refractivity contribution is 0.413. The van der Waals surface area contributed by atoms with Crippen LogP contribution in [0, 0.1) is 11.6 Å². The van der Waals surface area contributed by atoms with E-state index in [1.165, 1.54) is 17.7 Å². The normalized spacial score (nSPS) is 22.3. The molecule has 0 saturated carbocycles. The van der Waals surface area contributed by atoms with Gasteiger partial charge in [-0.1, -0.05) is 30.3 Å². The predicted molar refractivity (Wildman–Crippen MR) is 80.4 cm³/mol. The van der Waals surface area contributed by atoms with Crippen molar-refractivity contribution < 1.29 is 8.78 Å². The molecule has 2 aromatic carbocycles. The summed E-state index contributed by atoms with van der Waals surface area (Å²) in [6, 6.07) is 14.7. The highest BCUT2D eigenvalue weighted by atomic mass is 19.2. The molecule has 1 aliphatic rings. The van der Waals surface area contributed by atoms with Gasteiger partial charge in [-0.15, -0.1) is 0 Å². The molecule has 2 unspecified atom stereocenters. The van der Waals surface area contributed by atoms with Crippen LogP contribution in [0.4, 0.5) is 14.5 Å². The highest BCUT2D eigenvalue weighted by Gasteiger charge is 2.26. The molecule has 0 radical (unpaired) electrons. The number of nitrogens with zero attached hydrogens (tertiary/aromatic N) is 1. The smallest absolute Gasteiger partial charge is 0.160 e. The molecule has 0 aliphatic carbocycles. The van der Waals surface area contributed by atoms with E-state index in [2.05, 4.69) is 29.3 Å². The Balaban J connectivity index is 1.85. The zero-order valence-electron chi connectivity index (χ0n) is 11.9. The van der Waals surface area contributed by atoms with E-state index < -0.39 is 11.6 Å². The topological polar surface area (TPSA) is 15.3 Å². The fourth-order valence-corrected chi connectivity index (χ4v) is 2.80. The minimum atomic E-state index is -0.804. The Labute approximate surface area is 123 Å². The molecule has 21 heavy (non-hydrogen) atoms. The molecule has 4 heteroatoms. The van der Waals surface area contributed by atoms with Crippen LogP contribution in [0.2, 0.25) is 0 Å². The van der Waals surface area contributed by atoms with Gasteiger partial charge in [-0.3, -0.25) is 0 Å². The van der Waals surface area contributed by atoms with Gasteiger partial charge >= 0.3 is 0 Å². The first kappa shape index (κ1) is 14.0. The second kappa shape index (κ2) is 5.82. The first-order chi connectivity index (χ1) is 10.1. The molecule has 2 atom stereocenters. The molecular formula is C17H18F2N2. The van der Waals surface area contributed by atoms with E-state index in [1.807, 2.05) is 18.2 Å². The number of rotatable bonds is 2. The fourth-order valence-electron chi connectivity index (χ4n) is 2.80. The van der Waals surface area contributed by atoms with Gasteiger partial charge in [0.05, 0.1) is 0 Å². The second-order valence-corrected chi connectivity index (χ2v) is 5.47. The van der Waals surface area contributed by atoms with E-state index in [0.29, 0.717) is 0 Å². The van der Waals surface area contributed by atoms with Crippen molar-refractivity contribution in [2.45, 2.75) is 19.0 Å². The van der Waals surface area contributed by atoms with Crippen LogP contribution in [-0.4, -0.2) is 19.1 Å². The molecule has 1 saturated heterocycles. The van der Waals surface area contributed by atoms with Crippen molar-refractivity contribution in [2.24, 2.45) is 0 Å². The monoisotopic (exact) mass is 288 g/mol. The van der Waals surface area contributed by atoms with Crippen molar-refractivity contribution in [3.63, 3.8) is 0 Å². The summed E-state index contributed by atoms with van der Waals surface area (Å²) in [5.74, 6) is -1.60. The van der Waals surface area contributed by atoms with Gasteiger partial charge in [0.2, 0.25) is 0 Å². The van der Waals surface area contributed by atoms with Gasteiger partial charge in [0.25, 0.3) is 0 Å². The minimum Gasteiger partial charge on any atom is -0.366 e. The number of hydrogen-bond acceptors (Lipinski definition) is 2. The number of halogens is 2. The Kier molecular flexibility index (Phi) is 3.88. The van der Waals surface area contributed by atoms with Crippen molar-refractivity contribution in [2.75, 3.05) is 18.0 Å². The van der Waals surface area contributed by atoms with Crippen LogP contribution in [0.5, 0.6) is 0 Å². The predicted octanol–water partition coefficient (Wildman–Crippen LogP) is 3.50. The zero-order valence-corrected chi connectivity index (χ0v) is 11.9. The number of hydrogen-bond donors (Lipinski definition) is 1. The van der Waals surface area contributed by atoms with Crippen molar-refractivity contribution in [3.8, 4) is 0 Å². The summed E-state index contributed by atoms with van der Waals surface area (Å²) in [5, 5.41) is 3.50. The van der Waals surface area contributed by atoms with Gasteiger partial charge in [-0.05, 0) is 24.6 Å². The molecular weight excluding hydrogens is 270 g/mol. The van der Waals surface area contributed by atoms with E-state index in [0.717, 1.165) is 18.8 Å². The van der Waals surface area contributed by atoms with Crippen LogP contribution in [0.25, 0.3) is 0 Å². The molecule has 0 bridgehead atoms. The molecule has 1 heterocycles. The summed E-state index contributed by atoms with van der Waals surface area (Å²) in [7, 11) is 0. The summed E-state index contributed by atoms with van der Waals surface area (Å²) < 4.78 is 26.6. The molecule has 2 nitrogen and oxygen atoms in total. The Morgan fingerprint density at radius 1 is 1.05 bits per heavy atom. The van der Waals surface area contributed by atoms with Crippen molar-refractivity contribution in [1.29, 1.82) is 0 Å². The van der Waals surface area contributed by atoms with Crippen LogP contribution in [-0.2, 0) is 0 Å². The molecule has 1 fully saturated rings. The molecule has 2 aromatic rings. The van der Waals surface area contributed by atoms with E-state index in [4.69, 9.17) is 0 Å². The summed E-state index contributed by atoms with van der Waals surface area (Å²) in [6.45, 7) is 3.62. The summed E-state index contributed by atoms with van der Waals surface area (Å²) in [4.78, 5) is 2.12. The molecule has 3 rings (SSSR count). The standard InChI is InChI=1S/C17H18F2N2/c1-12-10-20-17(13-5-3-2-4-6-13)11-21(12)14-7-8-15(18)16(19)9-14/h2-9,12,17,20H,10-11H2,1H3. The van der Waals surface area contributed by atoms with Crippen LogP contribution in [0.15, 0.2) is 48.5 Å². The maximum absolute atomic E-state index is 13.5. The SMILES string of the molecule is CC1CNC(c2ccccc2)CN1c1ccc(F)c(F)c1. The third-order valence-corrected chi connectivity index (χ3v) is 4.01. The Bertz CT molecular complexity index is 615. The van der Waals surface area contributed by atoms with Gasteiger partial charge in [0, 0.05) is 36.9 Å². The van der Waals surface area contributed by atoms with Crippen LogP contribution < -0.4 is 10.2 Å². The lowest BCUT2D eigenvalue weighted by Gasteiger charge is -2.40. The summed E-state index contributed by atoms with van der Waals surface area (Å²) >= 11 is 0. The van der Waals surface area contributed by atoms with Gasteiger partial charge in [-0.25, -0.2) is 8.78 Å². The van der Waals surface area contributed by atoms with Gasteiger partial charge in [-0.2, -0.15) is 0 Å². The highest BCUT2D eigenvalue weighted by Crippen LogP contribution is 2.26. The van der Waals surface area contributed by atoms with Crippen molar-refractivity contribution in [3.05, 3.63) is 65.7 Å². The quantitative estimate of drug-likeness (QED) is 0.910. The number of benzene rings is 2. The minimum absolute atomic E-state index is 0.190. The van der Waals surface area contributed by atoms with Crippen molar-refractivity contribution in [1.82, 2.24) is 5.32 Å². The Morgan fingerprint density at radius 3 is 2.52 bits per heavy atom. The molecule has 0 amide bonds. The third kappa shape index (κ3) is 2.90. The van der Waals surface area contributed by atoms with Crippen LogP contribution in [0.3, 0.4) is 0 Å². The molecule has 0 aromatic heterocycles. The molecule has 1 N–H and O–H groups in total. The summed E-state index contributed by atoms with van der Waals surface area (Å²) in [5.41, 5.74) is 1.93. The van der Waals surface area contributed by atoms with Crippen LogP contribution in [0.1, 0.15) is 18.5 Å². The number of nitrogens with one attached hydrogen (secondary N) is 1. The average Bonchev–Trinajstić information content (AvgIpc) is 2.51. The van der Waals surface area contributed by atoms with E-state index in [9.17, 15) is 8.78 Å². The molecule has 110 valence electrons. The van der Waals surface area contributed by atoms with Crippen molar-refractivity contribution >= 4 is 5.69 Å². The van der Waals surface area contributed by atoms with Gasteiger partial charge < -0.3 is 10.2 Å². The maximum atomic E-state index is 13.5. The largest absolute Gasteiger partial charge is 0.366 e. The third-order valence-electron chi connectivity index (χ3n) is 4.01. The van der Waals surface area contributed by atoms with Crippen LogP contribution >= 0.6 is 0 Å². The summed E-state index contributed by atoms with van der Waals surface area (Å²) in [6.07, 6.45) is 0. The lowest BCUT2D eigenvalue weighted by Crippen LogP contribution is -2.51. The number of piperazine rings is 1. The average molecular weight is 288 g/mol. The second-order valence-electron chi connectivity index (χ2n) is 5.47. The van der Waals surface area contributed by atoms with E-state index in [-0.39, 0.29) is 12.1 Å². The first-order valence-electron chi connectivity index (χ1n) is 7.15. The Morgan fingerprint density at radius 2 is 1.81 bits per heavy atom. The zero-order chi connectivity index (χ0) is 14.8. The van der Waals surface area contributed by atoms with Gasteiger partial charge in [0.1, 0.15) is 0 Å².